The van der Waals surface area contributed by atoms with Crippen LogP contribution in [0.4, 0.5) is 9.93 Å². The molecule has 0 saturated carbocycles. The summed E-state index contributed by atoms with van der Waals surface area (Å²) in [6, 6.07) is 23.8. The van der Waals surface area contributed by atoms with Gasteiger partial charge in [-0.15, -0.1) is 0 Å². The van der Waals surface area contributed by atoms with E-state index in [1.54, 1.807) is 14.9 Å². The monoisotopic (exact) mass is 599 g/mol. The van der Waals surface area contributed by atoms with E-state index in [1.165, 1.54) is 11.3 Å². The average Bonchev–Trinajstić information content (AvgIpc) is 3.40. The normalized spacial score (nSPS) is 16.4. The number of benzene rings is 3. The third kappa shape index (κ3) is 7.49. The molecule has 4 amide bonds. The SMILES string of the molecule is CC(C)N(C(=O)NCc1ccccc1)N1CCN(Cc2cccc3sc(N)nc23)C(=O)[C@H](Cc2ccccc2)NC(=O)C1. The second-order valence-electron chi connectivity index (χ2n) is 10.9. The number of carbonyl (C=O) groups is 3. The van der Waals surface area contributed by atoms with Crippen LogP contribution in [0.2, 0.25) is 0 Å². The molecule has 5 rings (SSSR count). The lowest BCUT2D eigenvalue weighted by Gasteiger charge is -2.37. The molecule has 0 radical (unpaired) electrons. The summed E-state index contributed by atoms with van der Waals surface area (Å²) in [7, 11) is 0. The number of hydrogen-bond donors (Lipinski definition) is 3. The van der Waals surface area contributed by atoms with Crippen molar-refractivity contribution in [2.45, 2.75) is 45.4 Å². The molecule has 0 aliphatic carbocycles. The predicted octanol–water partition coefficient (Wildman–Crippen LogP) is 3.79. The van der Waals surface area contributed by atoms with Crippen molar-refractivity contribution in [1.82, 2.24) is 30.5 Å². The van der Waals surface area contributed by atoms with Gasteiger partial charge in [0, 0.05) is 38.6 Å². The Hall–Kier alpha value is -4.48. The zero-order valence-corrected chi connectivity index (χ0v) is 25.2. The van der Waals surface area contributed by atoms with E-state index in [9.17, 15) is 14.4 Å². The standard InChI is InChI=1S/C32H37N7O3S/c1-22(2)39(32(42)34-19-24-12-7-4-8-13-24)38-17-16-37(20-25-14-9-15-27-29(25)36-31(33)43-27)30(41)26(35-28(40)21-38)18-23-10-5-3-6-11-23/h3-15,22,26H,16-21H2,1-2H3,(H2,33,36)(H,34,42)(H,35,40)/t26-/m0/s1. The molecular weight excluding hydrogens is 562 g/mol. The number of nitrogens with two attached hydrogens (primary N) is 1. The summed E-state index contributed by atoms with van der Waals surface area (Å²) >= 11 is 1.40. The second-order valence-corrected chi connectivity index (χ2v) is 11.9. The Labute approximate surface area is 255 Å². The van der Waals surface area contributed by atoms with Crippen LogP contribution in [0.25, 0.3) is 10.2 Å². The summed E-state index contributed by atoms with van der Waals surface area (Å²) in [5.41, 5.74) is 9.56. The summed E-state index contributed by atoms with van der Waals surface area (Å²) in [6.07, 6.45) is 0.348. The third-order valence-electron chi connectivity index (χ3n) is 7.35. The maximum absolute atomic E-state index is 14.1. The van der Waals surface area contributed by atoms with Crippen molar-refractivity contribution in [3.05, 3.63) is 95.6 Å². The number of urea groups is 1. The van der Waals surface area contributed by atoms with Crippen LogP contribution in [0.3, 0.4) is 0 Å². The van der Waals surface area contributed by atoms with Crippen molar-refractivity contribution in [1.29, 1.82) is 0 Å². The van der Waals surface area contributed by atoms with Gasteiger partial charge in [0.05, 0.1) is 16.8 Å². The van der Waals surface area contributed by atoms with Gasteiger partial charge in [0.2, 0.25) is 11.8 Å². The molecule has 11 heteroatoms. The number of nitrogens with zero attached hydrogens (tertiary/aromatic N) is 4. The lowest BCUT2D eigenvalue weighted by atomic mass is 10.0. The fourth-order valence-electron chi connectivity index (χ4n) is 5.34. The van der Waals surface area contributed by atoms with Gasteiger partial charge in [0.25, 0.3) is 0 Å². The number of anilines is 1. The molecule has 1 aromatic heterocycles. The molecular formula is C32H37N7O3S. The molecule has 2 heterocycles. The van der Waals surface area contributed by atoms with Crippen LogP contribution in [0.5, 0.6) is 0 Å². The summed E-state index contributed by atoms with van der Waals surface area (Å²) in [5, 5.41) is 9.72. The van der Waals surface area contributed by atoms with Gasteiger partial charge in [-0.3, -0.25) is 14.6 Å². The first-order valence-electron chi connectivity index (χ1n) is 14.4. The van der Waals surface area contributed by atoms with Crippen molar-refractivity contribution in [2.24, 2.45) is 0 Å². The van der Waals surface area contributed by atoms with Gasteiger partial charge in [0.15, 0.2) is 5.13 Å². The number of aromatic nitrogens is 1. The van der Waals surface area contributed by atoms with E-state index in [2.05, 4.69) is 15.6 Å². The number of para-hydroxylation sites is 1. The fraction of sp³-hybridized carbons (Fsp3) is 0.312. The zero-order chi connectivity index (χ0) is 30.3. The first-order valence-corrected chi connectivity index (χ1v) is 15.2. The van der Waals surface area contributed by atoms with E-state index < -0.39 is 6.04 Å². The molecule has 1 aliphatic heterocycles. The van der Waals surface area contributed by atoms with Gasteiger partial charge in [-0.05, 0) is 36.6 Å². The Balaban J connectivity index is 1.42. The smallest absolute Gasteiger partial charge is 0.332 e. The van der Waals surface area contributed by atoms with Crippen molar-refractivity contribution >= 4 is 44.5 Å². The largest absolute Gasteiger partial charge is 0.375 e. The van der Waals surface area contributed by atoms with Gasteiger partial charge in [-0.1, -0.05) is 84.1 Å². The Kier molecular flexibility index (Phi) is 9.53. The summed E-state index contributed by atoms with van der Waals surface area (Å²) in [4.78, 5) is 47.3. The quantitative estimate of drug-likeness (QED) is 0.283. The maximum Gasteiger partial charge on any atom is 0.332 e. The van der Waals surface area contributed by atoms with Gasteiger partial charge >= 0.3 is 6.03 Å². The van der Waals surface area contributed by atoms with Gasteiger partial charge in [0.1, 0.15) is 6.04 Å². The molecule has 0 spiro atoms. The molecule has 10 nitrogen and oxygen atoms in total. The molecule has 0 unspecified atom stereocenters. The second kappa shape index (κ2) is 13.7. The zero-order valence-electron chi connectivity index (χ0n) is 24.4. The molecule has 4 aromatic rings. The number of nitrogen functional groups attached to an aromatic ring is 1. The number of amides is 4. The van der Waals surface area contributed by atoms with Gasteiger partial charge in [-0.25, -0.2) is 14.8 Å². The lowest BCUT2D eigenvalue weighted by Crippen LogP contribution is -2.57. The van der Waals surface area contributed by atoms with E-state index >= 15 is 0 Å². The molecule has 224 valence electrons. The van der Waals surface area contributed by atoms with Crippen LogP contribution in [0.1, 0.15) is 30.5 Å². The maximum atomic E-state index is 14.1. The van der Waals surface area contributed by atoms with Crippen LogP contribution in [-0.4, -0.2) is 69.5 Å². The Bertz CT molecular complexity index is 1560. The number of fused-ring (bicyclic) bond motifs is 1. The highest BCUT2D eigenvalue weighted by Gasteiger charge is 2.33. The topological polar surface area (TPSA) is 124 Å². The van der Waals surface area contributed by atoms with E-state index in [-0.39, 0.29) is 43.5 Å². The minimum absolute atomic E-state index is 0.0679. The third-order valence-corrected chi connectivity index (χ3v) is 8.20. The molecule has 1 saturated heterocycles. The van der Waals surface area contributed by atoms with Crippen LogP contribution in [0, 0.1) is 0 Å². The van der Waals surface area contributed by atoms with E-state index in [0.29, 0.717) is 24.6 Å². The Morgan fingerprint density at radius 2 is 1.72 bits per heavy atom. The molecule has 0 bridgehead atoms. The highest BCUT2D eigenvalue weighted by atomic mass is 32.1. The van der Waals surface area contributed by atoms with Crippen LogP contribution < -0.4 is 16.4 Å². The van der Waals surface area contributed by atoms with Gasteiger partial charge < -0.3 is 21.3 Å². The Morgan fingerprint density at radius 1 is 1.02 bits per heavy atom. The Morgan fingerprint density at radius 3 is 2.42 bits per heavy atom. The minimum atomic E-state index is -0.769. The van der Waals surface area contributed by atoms with E-state index in [4.69, 9.17) is 5.73 Å². The lowest BCUT2D eigenvalue weighted by molar-refractivity contribution is -0.136. The molecule has 4 N–H and O–H groups in total. The van der Waals surface area contributed by atoms with E-state index in [1.807, 2.05) is 92.7 Å². The fourth-order valence-corrected chi connectivity index (χ4v) is 6.12. The first-order chi connectivity index (χ1) is 20.8. The highest BCUT2D eigenvalue weighted by Crippen LogP contribution is 2.27. The summed E-state index contributed by atoms with van der Waals surface area (Å²) < 4.78 is 0.948. The van der Waals surface area contributed by atoms with Crippen molar-refractivity contribution in [3.8, 4) is 0 Å². The van der Waals surface area contributed by atoms with Crippen LogP contribution in [0.15, 0.2) is 78.9 Å². The number of rotatable bonds is 8. The van der Waals surface area contributed by atoms with Gasteiger partial charge in [-0.2, -0.15) is 0 Å². The first kappa shape index (κ1) is 30.0. The molecule has 3 aromatic carbocycles. The van der Waals surface area contributed by atoms with Crippen molar-refractivity contribution in [2.75, 3.05) is 25.4 Å². The molecule has 1 atom stereocenters. The number of hydrogen-bond acceptors (Lipinski definition) is 7. The highest BCUT2D eigenvalue weighted by molar-refractivity contribution is 7.22. The number of carbonyl (C=O) groups excluding carboxylic acids is 3. The molecule has 43 heavy (non-hydrogen) atoms. The number of nitrogens with one attached hydrogen (secondary N) is 2. The summed E-state index contributed by atoms with van der Waals surface area (Å²) in [5.74, 6) is -0.518. The molecule has 1 aliphatic rings. The van der Waals surface area contributed by atoms with E-state index in [0.717, 1.165) is 26.9 Å². The van der Waals surface area contributed by atoms with Crippen molar-refractivity contribution < 1.29 is 14.4 Å². The average molecular weight is 600 g/mol. The van der Waals surface area contributed by atoms with Crippen LogP contribution >= 0.6 is 11.3 Å². The van der Waals surface area contributed by atoms with Crippen LogP contribution in [-0.2, 0) is 29.1 Å². The summed E-state index contributed by atoms with van der Waals surface area (Å²) in [6.45, 7) is 4.96. The van der Waals surface area contributed by atoms with Crippen molar-refractivity contribution in [3.63, 3.8) is 0 Å². The molecule has 1 fully saturated rings. The number of hydrazine groups is 1. The minimum Gasteiger partial charge on any atom is -0.375 e. The predicted molar refractivity (Wildman–Crippen MR) is 169 cm³/mol. The number of thiazole rings is 1.